The maximum absolute atomic E-state index is 4.28. The number of aromatic nitrogens is 3. The van der Waals surface area contributed by atoms with E-state index in [1.807, 2.05) is 18.3 Å². The molecule has 0 unspecified atom stereocenters. The van der Waals surface area contributed by atoms with Crippen LogP contribution in [0.15, 0.2) is 59.5 Å². The van der Waals surface area contributed by atoms with Crippen molar-refractivity contribution >= 4 is 21.7 Å². The molecule has 20 heavy (non-hydrogen) atoms. The maximum atomic E-state index is 4.28. The smallest absolute Gasteiger partial charge is 0.140 e. The van der Waals surface area contributed by atoms with Gasteiger partial charge in [-0.05, 0) is 33.6 Å². The SMILES string of the molecule is Brc1cccnc1NCc1ccc(-c2ncc[nH]2)cc1. The standard InChI is InChI=1S/C15H13BrN4/c16-13-2-1-7-17-15(13)20-10-11-3-5-12(6-4-11)14-18-8-9-19-14/h1-9H,10H2,(H,17,20)(H,18,19). The molecule has 2 heterocycles. The van der Waals surface area contributed by atoms with Gasteiger partial charge in [0, 0.05) is 30.7 Å². The fraction of sp³-hybridized carbons (Fsp3) is 0.0667. The third kappa shape index (κ3) is 2.88. The van der Waals surface area contributed by atoms with E-state index in [0.29, 0.717) is 0 Å². The molecule has 3 aromatic rings. The lowest BCUT2D eigenvalue weighted by atomic mass is 10.1. The summed E-state index contributed by atoms with van der Waals surface area (Å²) in [4.78, 5) is 11.6. The second-order valence-electron chi connectivity index (χ2n) is 4.32. The van der Waals surface area contributed by atoms with Gasteiger partial charge in [0.25, 0.3) is 0 Å². The van der Waals surface area contributed by atoms with Crippen molar-refractivity contribution < 1.29 is 0 Å². The molecule has 2 N–H and O–H groups in total. The fourth-order valence-corrected chi connectivity index (χ4v) is 2.30. The van der Waals surface area contributed by atoms with Crippen LogP contribution in [0.25, 0.3) is 11.4 Å². The van der Waals surface area contributed by atoms with E-state index in [1.165, 1.54) is 5.56 Å². The summed E-state index contributed by atoms with van der Waals surface area (Å²) in [5, 5.41) is 3.30. The Labute approximate surface area is 125 Å². The monoisotopic (exact) mass is 328 g/mol. The normalized spacial score (nSPS) is 10.4. The molecule has 0 bridgehead atoms. The number of pyridine rings is 1. The minimum atomic E-state index is 0.730. The van der Waals surface area contributed by atoms with Crippen molar-refractivity contribution in [3.63, 3.8) is 0 Å². The number of aromatic amines is 1. The zero-order chi connectivity index (χ0) is 13.8. The van der Waals surface area contributed by atoms with Crippen LogP contribution in [0.4, 0.5) is 5.82 Å². The molecule has 3 rings (SSSR count). The van der Waals surface area contributed by atoms with E-state index in [9.17, 15) is 0 Å². The van der Waals surface area contributed by atoms with E-state index < -0.39 is 0 Å². The first-order chi connectivity index (χ1) is 9.83. The van der Waals surface area contributed by atoms with Crippen molar-refractivity contribution in [1.29, 1.82) is 0 Å². The molecule has 0 saturated heterocycles. The highest BCUT2D eigenvalue weighted by Gasteiger charge is 2.02. The van der Waals surface area contributed by atoms with Gasteiger partial charge in [0.05, 0.1) is 4.47 Å². The lowest BCUT2D eigenvalue weighted by molar-refractivity contribution is 1.10. The Morgan fingerprint density at radius 3 is 2.60 bits per heavy atom. The summed E-state index contributed by atoms with van der Waals surface area (Å²) in [5.74, 6) is 1.74. The Hall–Kier alpha value is -2.14. The van der Waals surface area contributed by atoms with Crippen molar-refractivity contribution in [3.8, 4) is 11.4 Å². The number of hydrogen-bond acceptors (Lipinski definition) is 3. The van der Waals surface area contributed by atoms with E-state index in [4.69, 9.17) is 0 Å². The number of H-pyrrole nitrogens is 1. The Kier molecular flexibility index (Phi) is 3.78. The highest BCUT2D eigenvalue weighted by molar-refractivity contribution is 9.10. The van der Waals surface area contributed by atoms with Gasteiger partial charge >= 0.3 is 0 Å². The number of anilines is 1. The van der Waals surface area contributed by atoms with Gasteiger partial charge in [-0.1, -0.05) is 24.3 Å². The van der Waals surface area contributed by atoms with E-state index in [-0.39, 0.29) is 0 Å². The highest BCUT2D eigenvalue weighted by Crippen LogP contribution is 2.20. The topological polar surface area (TPSA) is 53.6 Å². The van der Waals surface area contributed by atoms with Crippen molar-refractivity contribution in [2.24, 2.45) is 0 Å². The van der Waals surface area contributed by atoms with E-state index in [2.05, 4.69) is 60.5 Å². The number of nitrogens with one attached hydrogen (secondary N) is 2. The summed E-state index contributed by atoms with van der Waals surface area (Å²) in [7, 11) is 0. The number of hydrogen-bond donors (Lipinski definition) is 2. The third-order valence-corrected chi connectivity index (χ3v) is 3.58. The zero-order valence-electron chi connectivity index (χ0n) is 10.7. The van der Waals surface area contributed by atoms with Gasteiger partial charge in [-0.15, -0.1) is 0 Å². The molecule has 0 aliphatic carbocycles. The van der Waals surface area contributed by atoms with Gasteiger partial charge in [0.1, 0.15) is 11.6 Å². The number of rotatable bonds is 4. The summed E-state index contributed by atoms with van der Waals surface area (Å²) in [6.07, 6.45) is 5.35. The van der Waals surface area contributed by atoms with Crippen molar-refractivity contribution in [3.05, 3.63) is 65.0 Å². The molecule has 1 aromatic carbocycles. The second kappa shape index (κ2) is 5.88. The van der Waals surface area contributed by atoms with Crippen LogP contribution in [-0.4, -0.2) is 15.0 Å². The Bertz CT molecular complexity index is 677. The molecule has 0 spiro atoms. The molecule has 5 heteroatoms. The second-order valence-corrected chi connectivity index (χ2v) is 5.18. The third-order valence-electron chi connectivity index (χ3n) is 2.94. The van der Waals surface area contributed by atoms with Gasteiger partial charge in [-0.25, -0.2) is 9.97 Å². The van der Waals surface area contributed by atoms with Crippen LogP contribution < -0.4 is 5.32 Å². The molecule has 0 amide bonds. The van der Waals surface area contributed by atoms with E-state index in [1.54, 1.807) is 12.4 Å². The van der Waals surface area contributed by atoms with Crippen LogP contribution in [0.2, 0.25) is 0 Å². The van der Waals surface area contributed by atoms with Crippen molar-refractivity contribution in [2.45, 2.75) is 6.54 Å². The predicted octanol–water partition coefficient (Wildman–Crippen LogP) is 3.85. The van der Waals surface area contributed by atoms with Gasteiger partial charge < -0.3 is 10.3 Å². The Morgan fingerprint density at radius 2 is 1.90 bits per heavy atom. The average Bonchev–Trinajstić information content (AvgIpc) is 3.01. The minimum absolute atomic E-state index is 0.730. The molecule has 0 atom stereocenters. The average molecular weight is 329 g/mol. The molecular formula is C15H13BrN4. The first kappa shape index (κ1) is 12.9. The molecule has 100 valence electrons. The molecule has 4 nitrogen and oxygen atoms in total. The van der Waals surface area contributed by atoms with Crippen LogP contribution in [0.1, 0.15) is 5.56 Å². The van der Waals surface area contributed by atoms with Gasteiger partial charge in [0.15, 0.2) is 0 Å². The molecule has 0 fully saturated rings. The quantitative estimate of drug-likeness (QED) is 0.764. The first-order valence-electron chi connectivity index (χ1n) is 6.26. The van der Waals surface area contributed by atoms with Crippen LogP contribution in [0.3, 0.4) is 0 Å². The number of benzene rings is 1. The Balaban J connectivity index is 1.68. The predicted molar refractivity (Wildman–Crippen MR) is 83.3 cm³/mol. The van der Waals surface area contributed by atoms with Gasteiger partial charge in [0.2, 0.25) is 0 Å². The maximum Gasteiger partial charge on any atom is 0.140 e. The number of imidazole rings is 1. The summed E-state index contributed by atoms with van der Waals surface area (Å²) in [5.41, 5.74) is 2.27. The van der Waals surface area contributed by atoms with Crippen LogP contribution in [0.5, 0.6) is 0 Å². The number of halogens is 1. The molecule has 2 aromatic heterocycles. The van der Waals surface area contributed by atoms with Crippen molar-refractivity contribution in [1.82, 2.24) is 15.0 Å². The first-order valence-corrected chi connectivity index (χ1v) is 7.05. The zero-order valence-corrected chi connectivity index (χ0v) is 12.3. The van der Waals surface area contributed by atoms with Crippen LogP contribution in [-0.2, 0) is 6.54 Å². The van der Waals surface area contributed by atoms with Crippen LogP contribution >= 0.6 is 15.9 Å². The Morgan fingerprint density at radius 1 is 1.05 bits per heavy atom. The molecular weight excluding hydrogens is 316 g/mol. The van der Waals surface area contributed by atoms with Gasteiger partial charge in [-0.2, -0.15) is 0 Å². The largest absolute Gasteiger partial charge is 0.365 e. The highest BCUT2D eigenvalue weighted by atomic mass is 79.9. The lowest BCUT2D eigenvalue weighted by Crippen LogP contribution is -2.01. The summed E-state index contributed by atoms with van der Waals surface area (Å²) < 4.78 is 0.965. The summed E-state index contributed by atoms with van der Waals surface area (Å²) in [6.45, 7) is 0.730. The molecule has 0 aliphatic rings. The van der Waals surface area contributed by atoms with E-state index >= 15 is 0 Å². The number of nitrogens with zero attached hydrogens (tertiary/aromatic N) is 2. The van der Waals surface area contributed by atoms with Crippen LogP contribution in [0, 0.1) is 0 Å². The molecule has 0 aliphatic heterocycles. The summed E-state index contributed by atoms with van der Waals surface area (Å²) in [6, 6.07) is 12.2. The van der Waals surface area contributed by atoms with Crippen molar-refractivity contribution in [2.75, 3.05) is 5.32 Å². The summed E-state index contributed by atoms with van der Waals surface area (Å²) >= 11 is 3.47. The van der Waals surface area contributed by atoms with E-state index in [0.717, 1.165) is 28.2 Å². The molecule has 0 saturated carbocycles. The van der Waals surface area contributed by atoms with Gasteiger partial charge in [-0.3, -0.25) is 0 Å². The molecule has 0 radical (unpaired) electrons. The lowest BCUT2D eigenvalue weighted by Gasteiger charge is -2.07. The fourth-order valence-electron chi connectivity index (χ4n) is 1.91. The minimum Gasteiger partial charge on any atom is -0.365 e.